The largest absolute Gasteiger partial charge is 0.272 e. The lowest BCUT2D eigenvalue weighted by molar-refractivity contribution is 0.618. The third kappa shape index (κ3) is 1.48. The highest BCUT2D eigenvalue weighted by Crippen LogP contribution is 2.16. The Morgan fingerprint density at radius 1 is 1.43 bits per heavy atom. The first kappa shape index (κ1) is 9.15. The minimum absolute atomic E-state index is 0.238. The molecule has 2 rings (SSSR count). The van der Waals surface area contributed by atoms with Crippen molar-refractivity contribution in [2.45, 2.75) is 6.92 Å². The van der Waals surface area contributed by atoms with Gasteiger partial charge in [0.2, 0.25) is 5.28 Å². The van der Waals surface area contributed by atoms with Crippen LogP contribution in [0.2, 0.25) is 5.28 Å². The topological polar surface area (TPSA) is 30.7 Å². The van der Waals surface area contributed by atoms with Crippen LogP contribution in [0.25, 0.3) is 5.69 Å². The highest BCUT2D eigenvalue weighted by molar-refractivity contribution is 6.28. The number of benzene rings is 1. The first-order valence-corrected chi connectivity index (χ1v) is 4.38. The lowest BCUT2D eigenvalue weighted by Gasteiger charge is -2.03. The molecule has 3 nitrogen and oxygen atoms in total. The van der Waals surface area contributed by atoms with Crippen LogP contribution in [-0.2, 0) is 0 Å². The minimum Gasteiger partial charge on any atom is -0.272 e. The molecule has 0 radical (unpaired) electrons. The minimum atomic E-state index is -0.238. The zero-order chi connectivity index (χ0) is 10.1. The van der Waals surface area contributed by atoms with Crippen molar-refractivity contribution in [1.29, 1.82) is 0 Å². The van der Waals surface area contributed by atoms with Gasteiger partial charge in [0.25, 0.3) is 0 Å². The summed E-state index contributed by atoms with van der Waals surface area (Å²) in [5.74, 6) is -0.238. The molecule has 0 spiro atoms. The van der Waals surface area contributed by atoms with E-state index in [9.17, 15) is 4.39 Å². The molecule has 72 valence electrons. The van der Waals surface area contributed by atoms with Gasteiger partial charge in [0, 0.05) is 5.69 Å². The molecule has 0 saturated carbocycles. The van der Waals surface area contributed by atoms with Crippen molar-refractivity contribution in [2.75, 3.05) is 0 Å². The number of hydrogen-bond donors (Lipinski definition) is 0. The van der Waals surface area contributed by atoms with Crippen LogP contribution in [0.1, 0.15) is 5.56 Å². The summed E-state index contributed by atoms with van der Waals surface area (Å²) in [5, 5.41) is 7.53. The maximum Gasteiger partial charge on any atom is 0.229 e. The molecule has 0 aliphatic carbocycles. The lowest BCUT2D eigenvalue weighted by atomic mass is 10.2. The molecule has 0 unspecified atom stereocenters. The van der Waals surface area contributed by atoms with E-state index in [2.05, 4.69) is 10.2 Å². The third-order valence-corrected chi connectivity index (χ3v) is 2.18. The Labute approximate surface area is 85.1 Å². The molecular weight excluding hydrogens is 205 g/mol. The van der Waals surface area contributed by atoms with Crippen LogP contribution in [0.15, 0.2) is 24.5 Å². The molecule has 5 heteroatoms. The molecule has 0 atom stereocenters. The van der Waals surface area contributed by atoms with Gasteiger partial charge >= 0.3 is 0 Å². The Bertz CT molecular complexity index is 467. The third-order valence-electron chi connectivity index (χ3n) is 1.93. The molecule has 0 fully saturated rings. The van der Waals surface area contributed by atoms with Crippen molar-refractivity contribution < 1.29 is 4.39 Å². The molecule has 1 aromatic heterocycles. The standard InChI is InChI=1S/C9H7ClFN3/c1-6-4-7(2-3-8(6)11)14-5-12-13-9(14)10/h2-5H,1H3. The van der Waals surface area contributed by atoms with Gasteiger partial charge in [0.05, 0.1) is 0 Å². The molecule has 2 aromatic rings. The average molecular weight is 212 g/mol. The maximum absolute atomic E-state index is 13.0. The molecule has 0 amide bonds. The predicted molar refractivity (Wildman–Crippen MR) is 51.1 cm³/mol. The van der Waals surface area contributed by atoms with E-state index >= 15 is 0 Å². The number of aromatic nitrogens is 3. The Morgan fingerprint density at radius 3 is 2.79 bits per heavy atom. The average Bonchev–Trinajstić information content (AvgIpc) is 2.57. The van der Waals surface area contributed by atoms with Gasteiger partial charge in [-0.3, -0.25) is 4.57 Å². The predicted octanol–water partition coefficient (Wildman–Crippen LogP) is 2.37. The quantitative estimate of drug-likeness (QED) is 0.725. The first-order valence-electron chi connectivity index (χ1n) is 4.00. The summed E-state index contributed by atoms with van der Waals surface area (Å²) >= 11 is 5.76. The molecular formula is C9H7ClFN3. The first-order chi connectivity index (χ1) is 6.68. The SMILES string of the molecule is Cc1cc(-n2cnnc2Cl)ccc1F. The van der Waals surface area contributed by atoms with Gasteiger partial charge in [0.15, 0.2) is 0 Å². The summed E-state index contributed by atoms with van der Waals surface area (Å²) < 4.78 is 14.5. The van der Waals surface area contributed by atoms with Crippen molar-refractivity contribution >= 4 is 11.6 Å². The number of nitrogens with zero attached hydrogens (tertiary/aromatic N) is 3. The van der Waals surface area contributed by atoms with E-state index in [-0.39, 0.29) is 11.1 Å². The highest BCUT2D eigenvalue weighted by atomic mass is 35.5. The number of hydrogen-bond acceptors (Lipinski definition) is 2. The zero-order valence-electron chi connectivity index (χ0n) is 7.41. The molecule has 1 aromatic carbocycles. The van der Waals surface area contributed by atoms with Gasteiger partial charge in [-0.1, -0.05) is 0 Å². The summed E-state index contributed by atoms with van der Waals surface area (Å²) in [5.41, 5.74) is 1.31. The Hall–Kier alpha value is -1.42. The number of halogens is 2. The highest BCUT2D eigenvalue weighted by Gasteiger charge is 2.04. The van der Waals surface area contributed by atoms with Gasteiger partial charge in [-0.15, -0.1) is 10.2 Å². The van der Waals surface area contributed by atoms with E-state index < -0.39 is 0 Å². The molecule has 14 heavy (non-hydrogen) atoms. The smallest absolute Gasteiger partial charge is 0.229 e. The van der Waals surface area contributed by atoms with Crippen LogP contribution in [0, 0.1) is 12.7 Å². The van der Waals surface area contributed by atoms with E-state index in [1.54, 1.807) is 23.6 Å². The summed E-state index contributed by atoms with van der Waals surface area (Å²) in [6, 6.07) is 4.70. The molecule has 0 N–H and O–H groups in total. The summed E-state index contributed by atoms with van der Waals surface area (Å²) in [7, 11) is 0. The Kier molecular flexibility index (Phi) is 2.21. The van der Waals surface area contributed by atoms with Crippen LogP contribution in [0.3, 0.4) is 0 Å². The Balaban J connectivity index is 2.53. The molecule has 0 aliphatic heterocycles. The molecule has 0 aliphatic rings. The van der Waals surface area contributed by atoms with Gasteiger partial charge in [-0.05, 0) is 42.3 Å². The fourth-order valence-corrected chi connectivity index (χ4v) is 1.36. The number of aryl methyl sites for hydroxylation is 1. The fraction of sp³-hybridized carbons (Fsp3) is 0.111. The Morgan fingerprint density at radius 2 is 2.21 bits per heavy atom. The van der Waals surface area contributed by atoms with Crippen molar-refractivity contribution in [3.8, 4) is 5.69 Å². The molecule has 0 bridgehead atoms. The summed E-state index contributed by atoms with van der Waals surface area (Å²) in [6.45, 7) is 1.69. The van der Waals surface area contributed by atoms with Crippen molar-refractivity contribution in [1.82, 2.24) is 14.8 Å². The van der Waals surface area contributed by atoms with Crippen molar-refractivity contribution in [2.24, 2.45) is 0 Å². The zero-order valence-corrected chi connectivity index (χ0v) is 8.16. The summed E-state index contributed by atoms with van der Waals surface area (Å²) in [6.07, 6.45) is 1.48. The lowest BCUT2D eigenvalue weighted by Crippen LogP contribution is -1.94. The van der Waals surface area contributed by atoms with Crippen LogP contribution in [0.4, 0.5) is 4.39 Å². The van der Waals surface area contributed by atoms with Crippen LogP contribution < -0.4 is 0 Å². The van der Waals surface area contributed by atoms with Crippen LogP contribution in [-0.4, -0.2) is 14.8 Å². The van der Waals surface area contributed by atoms with Gasteiger partial charge < -0.3 is 0 Å². The second-order valence-electron chi connectivity index (χ2n) is 2.90. The van der Waals surface area contributed by atoms with E-state index in [0.717, 1.165) is 5.69 Å². The van der Waals surface area contributed by atoms with E-state index in [1.807, 2.05) is 0 Å². The summed E-state index contributed by atoms with van der Waals surface area (Å²) in [4.78, 5) is 0. The van der Waals surface area contributed by atoms with Gasteiger partial charge in [-0.25, -0.2) is 4.39 Å². The van der Waals surface area contributed by atoms with Crippen molar-refractivity contribution in [3.63, 3.8) is 0 Å². The molecule has 0 saturated heterocycles. The second-order valence-corrected chi connectivity index (χ2v) is 3.24. The van der Waals surface area contributed by atoms with Crippen molar-refractivity contribution in [3.05, 3.63) is 41.2 Å². The van der Waals surface area contributed by atoms with Gasteiger partial charge in [0.1, 0.15) is 12.1 Å². The van der Waals surface area contributed by atoms with E-state index in [1.165, 1.54) is 12.4 Å². The maximum atomic E-state index is 13.0. The second kappa shape index (κ2) is 3.38. The normalized spacial score (nSPS) is 10.5. The van der Waals surface area contributed by atoms with E-state index in [0.29, 0.717) is 5.56 Å². The number of rotatable bonds is 1. The van der Waals surface area contributed by atoms with Crippen LogP contribution in [0.5, 0.6) is 0 Å². The fourth-order valence-electron chi connectivity index (χ4n) is 1.17. The van der Waals surface area contributed by atoms with Gasteiger partial charge in [-0.2, -0.15) is 0 Å². The van der Waals surface area contributed by atoms with E-state index in [4.69, 9.17) is 11.6 Å². The molecule has 1 heterocycles. The monoisotopic (exact) mass is 211 g/mol. The van der Waals surface area contributed by atoms with Crippen LogP contribution >= 0.6 is 11.6 Å².